The number of carbonyl (C=O) groups excluding carboxylic acids is 1. The zero-order valence-electron chi connectivity index (χ0n) is 21.6. The molecule has 2 aliphatic rings. The summed E-state index contributed by atoms with van der Waals surface area (Å²) in [5.74, 6) is -0.365. The summed E-state index contributed by atoms with van der Waals surface area (Å²) >= 11 is 0. The maximum atomic E-state index is 11.9. The first-order valence-corrected chi connectivity index (χ1v) is 12.7. The van der Waals surface area contributed by atoms with Crippen LogP contribution in [-0.4, -0.2) is 34.5 Å². The molecule has 4 heterocycles. The minimum Gasteiger partial charge on any atom is -0.465 e. The Balaban J connectivity index is 1.40. The van der Waals surface area contributed by atoms with E-state index in [2.05, 4.69) is 47.2 Å². The van der Waals surface area contributed by atoms with Gasteiger partial charge in [-0.2, -0.15) is 0 Å². The SMILES string of the molecule is COC(=O)c1ccc(/C(=C2\C=CC(C3=N/C(=C(/c4ccc(C)cc4)c4ccc[nH]4)C=C3)=N2)c2ccc[nH]2)cc1. The monoisotopic (exact) mass is 510 g/mol. The van der Waals surface area contributed by atoms with Gasteiger partial charge in [-0.05, 0) is 78.8 Å². The van der Waals surface area contributed by atoms with Gasteiger partial charge in [-0.15, -0.1) is 0 Å². The van der Waals surface area contributed by atoms with Crippen LogP contribution < -0.4 is 0 Å². The summed E-state index contributed by atoms with van der Waals surface area (Å²) in [6, 6.07) is 23.9. The number of benzene rings is 2. The van der Waals surface area contributed by atoms with Crippen LogP contribution in [0, 0.1) is 6.92 Å². The average molecular weight is 511 g/mol. The fraction of sp³-hybridized carbons (Fsp3) is 0.0606. The van der Waals surface area contributed by atoms with Crippen LogP contribution in [0.5, 0.6) is 0 Å². The molecule has 39 heavy (non-hydrogen) atoms. The summed E-state index contributed by atoms with van der Waals surface area (Å²) in [5, 5.41) is 0. The lowest BCUT2D eigenvalue weighted by Gasteiger charge is -2.09. The number of esters is 1. The lowest BCUT2D eigenvalue weighted by atomic mass is 9.99. The zero-order chi connectivity index (χ0) is 26.8. The van der Waals surface area contributed by atoms with Crippen LogP contribution >= 0.6 is 0 Å². The number of nitrogens with one attached hydrogen (secondary N) is 2. The molecule has 0 fully saturated rings. The number of allylic oxidation sites excluding steroid dienone is 4. The molecule has 0 saturated carbocycles. The summed E-state index contributed by atoms with van der Waals surface area (Å²) in [4.78, 5) is 28.5. The molecule has 0 aliphatic carbocycles. The molecule has 190 valence electrons. The molecule has 2 aromatic carbocycles. The Labute approximate surface area is 226 Å². The molecule has 6 nitrogen and oxygen atoms in total. The maximum Gasteiger partial charge on any atom is 0.337 e. The molecule has 0 amide bonds. The van der Waals surface area contributed by atoms with Crippen LogP contribution in [0.2, 0.25) is 0 Å². The predicted octanol–water partition coefficient (Wildman–Crippen LogP) is 6.68. The number of aliphatic imine (C=N–C) groups is 2. The second-order valence-corrected chi connectivity index (χ2v) is 9.28. The van der Waals surface area contributed by atoms with Gasteiger partial charge in [0.15, 0.2) is 0 Å². The Kier molecular flexibility index (Phi) is 6.35. The van der Waals surface area contributed by atoms with E-state index in [1.165, 1.54) is 12.7 Å². The van der Waals surface area contributed by atoms with Crippen molar-refractivity contribution < 1.29 is 9.53 Å². The van der Waals surface area contributed by atoms with E-state index in [0.29, 0.717) is 5.56 Å². The number of aryl methyl sites for hydroxylation is 1. The van der Waals surface area contributed by atoms with Gasteiger partial charge in [0.1, 0.15) is 0 Å². The Hall–Kier alpha value is -5.23. The molecule has 6 heteroatoms. The molecule has 0 bridgehead atoms. The Bertz CT molecular complexity index is 1710. The molecular weight excluding hydrogens is 484 g/mol. The van der Waals surface area contributed by atoms with Crippen LogP contribution in [0.1, 0.15) is 38.4 Å². The molecule has 0 saturated heterocycles. The molecule has 0 unspecified atom stereocenters. The smallest absolute Gasteiger partial charge is 0.337 e. The Morgan fingerprint density at radius 3 is 1.54 bits per heavy atom. The second kappa shape index (κ2) is 10.3. The molecule has 0 atom stereocenters. The number of nitrogens with zero attached hydrogens (tertiary/aromatic N) is 2. The maximum absolute atomic E-state index is 11.9. The summed E-state index contributed by atoms with van der Waals surface area (Å²) < 4.78 is 4.85. The lowest BCUT2D eigenvalue weighted by Crippen LogP contribution is -2.04. The van der Waals surface area contributed by atoms with Crippen LogP contribution in [0.4, 0.5) is 0 Å². The first-order chi connectivity index (χ1) is 19.1. The molecule has 2 aromatic heterocycles. The van der Waals surface area contributed by atoms with Gasteiger partial charge in [-0.25, -0.2) is 14.8 Å². The number of hydrogen-bond donors (Lipinski definition) is 2. The zero-order valence-corrected chi connectivity index (χ0v) is 21.6. The quantitative estimate of drug-likeness (QED) is 0.284. The third kappa shape index (κ3) is 4.76. The van der Waals surface area contributed by atoms with E-state index in [4.69, 9.17) is 14.7 Å². The van der Waals surface area contributed by atoms with Crippen LogP contribution in [0.3, 0.4) is 0 Å². The fourth-order valence-electron chi connectivity index (χ4n) is 4.75. The summed E-state index contributed by atoms with van der Waals surface area (Å²) in [5.41, 5.74) is 11.0. The first-order valence-electron chi connectivity index (χ1n) is 12.7. The van der Waals surface area contributed by atoms with Crippen molar-refractivity contribution in [3.8, 4) is 0 Å². The molecule has 0 spiro atoms. The van der Waals surface area contributed by atoms with E-state index in [9.17, 15) is 4.79 Å². The van der Waals surface area contributed by atoms with Crippen molar-refractivity contribution in [3.63, 3.8) is 0 Å². The highest BCUT2D eigenvalue weighted by molar-refractivity contribution is 6.52. The predicted molar refractivity (Wildman–Crippen MR) is 156 cm³/mol. The van der Waals surface area contributed by atoms with Crippen LogP contribution in [0.15, 0.2) is 131 Å². The molecule has 0 radical (unpaired) electrons. The normalized spacial score (nSPS) is 16.8. The van der Waals surface area contributed by atoms with Crippen LogP contribution in [-0.2, 0) is 4.74 Å². The number of hydrogen-bond acceptors (Lipinski definition) is 4. The van der Waals surface area contributed by atoms with Gasteiger partial charge in [-0.3, -0.25) is 0 Å². The summed E-state index contributed by atoms with van der Waals surface area (Å²) in [7, 11) is 1.38. The van der Waals surface area contributed by atoms with Crippen molar-refractivity contribution in [2.45, 2.75) is 6.92 Å². The summed E-state index contributed by atoms with van der Waals surface area (Å²) in [6.45, 7) is 2.08. The largest absolute Gasteiger partial charge is 0.465 e. The highest BCUT2D eigenvalue weighted by Crippen LogP contribution is 2.32. The average Bonchev–Trinajstić information content (AvgIpc) is 3.79. The number of ether oxygens (including phenoxy) is 1. The van der Waals surface area contributed by atoms with Crippen molar-refractivity contribution >= 4 is 28.5 Å². The van der Waals surface area contributed by atoms with E-state index in [-0.39, 0.29) is 5.97 Å². The van der Waals surface area contributed by atoms with Crippen LogP contribution in [0.25, 0.3) is 11.1 Å². The molecule has 2 aliphatic heterocycles. The first kappa shape index (κ1) is 24.1. The molecule has 4 aromatic rings. The molecule has 2 N–H and O–H groups in total. The van der Waals surface area contributed by atoms with Crippen molar-refractivity contribution in [1.82, 2.24) is 9.97 Å². The number of aromatic amines is 2. The van der Waals surface area contributed by atoms with Gasteiger partial charge in [0.05, 0.1) is 35.5 Å². The molecular formula is C33H26N4O2. The van der Waals surface area contributed by atoms with Gasteiger partial charge < -0.3 is 14.7 Å². The number of methoxy groups -OCH3 is 1. The van der Waals surface area contributed by atoms with Crippen molar-refractivity contribution in [3.05, 3.63) is 155 Å². The topological polar surface area (TPSA) is 82.6 Å². The highest BCUT2D eigenvalue weighted by Gasteiger charge is 2.21. The van der Waals surface area contributed by atoms with Gasteiger partial charge in [0.25, 0.3) is 0 Å². The Morgan fingerprint density at radius 2 is 1.10 bits per heavy atom. The van der Waals surface area contributed by atoms with Gasteiger partial charge >= 0.3 is 5.97 Å². The third-order valence-corrected chi connectivity index (χ3v) is 6.72. The second-order valence-electron chi connectivity index (χ2n) is 9.28. The lowest BCUT2D eigenvalue weighted by molar-refractivity contribution is 0.0600. The van der Waals surface area contributed by atoms with E-state index in [0.717, 1.165) is 56.5 Å². The number of rotatable bonds is 6. The third-order valence-electron chi connectivity index (χ3n) is 6.72. The van der Waals surface area contributed by atoms with Crippen molar-refractivity contribution in [2.75, 3.05) is 7.11 Å². The standard InChI is InChI=1S/C33H26N4O2/c1-21-7-9-22(10-8-21)31(27-5-3-19-34-27)29-17-15-25(36-29)26-16-18-30(37-26)32(28-6-4-20-35-28)23-11-13-24(14-12-23)33(38)39-2/h3-20,34-35H,1-2H3/b31-29-,32-30-. The Morgan fingerprint density at radius 1 is 0.641 bits per heavy atom. The number of H-pyrrole nitrogens is 2. The van der Waals surface area contributed by atoms with Gasteiger partial charge in [0.2, 0.25) is 0 Å². The van der Waals surface area contributed by atoms with Gasteiger partial charge in [-0.1, -0.05) is 42.0 Å². The number of carbonyl (C=O) groups is 1. The van der Waals surface area contributed by atoms with E-state index < -0.39 is 0 Å². The van der Waals surface area contributed by atoms with E-state index in [1.807, 2.05) is 67.0 Å². The van der Waals surface area contributed by atoms with E-state index >= 15 is 0 Å². The van der Waals surface area contributed by atoms with Crippen molar-refractivity contribution in [1.29, 1.82) is 0 Å². The van der Waals surface area contributed by atoms with Crippen molar-refractivity contribution in [2.24, 2.45) is 9.98 Å². The minimum atomic E-state index is -0.365. The number of aromatic nitrogens is 2. The fourth-order valence-corrected chi connectivity index (χ4v) is 4.75. The summed E-state index contributed by atoms with van der Waals surface area (Å²) in [6.07, 6.45) is 11.9. The highest BCUT2D eigenvalue weighted by atomic mass is 16.5. The molecule has 6 rings (SSSR count). The van der Waals surface area contributed by atoms with Gasteiger partial charge in [0, 0.05) is 34.9 Å². The minimum absolute atomic E-state index is 0.365. The van der Waals surface area contributed by atoms with E-state index in [1.54, 1.807) is 12.1 Å².